The molecule has 0 bridgehead atoms. The fraction of sp³-hybridized carbons (Fsp3) is 0.222. The number of alkyl halides is 3. The van der Waals surface area contributed by atoms with Crippen LogP contribution in [0.2, 0.25) is 10.0 Å². The lowest BCUT2D eigenvalue weighted by molar-refractivity contribution is -0.138. The number of hydrogen-bond acceptors (Lipinski definition) is 2. The Bertz CT molecular complexity index is 479. The Kier molecular flexibility index (Phi) is 3.63. The SMILES string of the molecule is Cc1c(C(F)(F)F)cc(Cl)c(Cl)c1N=C=O. The third kappa shape index (κ3) is 2.38. The molecule has 0 aliphatic rings. The molecule has 0 aliphatic heterocycles. The van der Waals surface area contributed by atoms with Crippen LogP contribution in [0.3, 0.4) is 0 Å². The summed E-state index contributed by atoms with van der Waals surface area (Å²) in [6.45, 7) is 1.15. The van der Waals surface area contributed by atoms with Gasteiger partial charge in [0.25, 0.3) is 0 Å². The van der Waals surface area contributed by atoms with Crippen molar-refractivity contribution in [3.05, 3.63) is 27.2 Å². The summed E-state index contributed by atoms with van der Waals surface area (Å²) in [5.41, 5.74) is -1.54. The third-order valence-electron chi connectivity index (χ3n) is 1.91. The molecule has 0 heterocycles. The predicted octanol–water partition coefficient (Wildman–Crippen LogP) is 4.29. The molecule has 86 valence electrons. The first-order chi connectivity index (χ1) is 7.29. The number of nitrogens with zero attached hydrogens (tertiary/aromatic N) is 1. The van der Waals surface area contributed by atoms with Crippen molar-refractivity contribution in [2.75, 3.05) is 0 Å². The molecular weight excluding hydrogens is 266 g/mol. The van der Waals surface area contributed by atoms with Crippen molar-refractivity contribution < 1.29 is 18.0 Å². The number of halogens is 5. The summed E-state index contributed by atoms with van der Waals surface area (Å²) in [5.74, 6) is 0. The fourth-order valence-corrected chi connectivity index (χ4v) is 1.61. The molecule has 1 rings (SSSR count). The summed E-state index contributed by atoms with van der Waals surface area (Å²) < 4.78 is 37.6. The van der Waals surface area contributed by atoms with Crippen molar-refractivity contribution in [2.24, 2.45) is 4.99 Å². The lowest BCUT2D eigenvalue weighted by Gasteiger charge is -2.13. The second kappa shape index (κ2) is 4.45. The Balaban J connectivity index is 3.63. The molecule has 0 saturated heterocycles. The lowest BCUT2D eigenvalue weighted by Crippen LogP contribution is -2.07. The Morgan fingerprint density at radius 1 is 1.38 bits per heavy atom. The van der Waals surface area contributed by atoms with Crippen molar-refractivity contribution >= 4 is 35.0 Å². The van der Waals surface area contributed by atoms with Crippen LogP contribution in [0.5, 0.6) is 0 Å². The van der Waals surface area contributed by atoms with Gasteiger partial charge < -0.3 is 0 Å². The molecule has 0 radical (unpaired) electrons. The monoisotopic (exact) mass is 269 g/mol. The summed E-state index contributed by atoms with van der Waals surface area (Å²) in [7, 11) is 0. The second-order valence-corrected chi connectivity index (χ2v) is 3.68. The molecule has 0 N–H and O–H groups in total. The van der Waals surface area contributed by atoms with Crippen molar-refractivity contribution in [3.63, 3.8) is 0 Å². The largest absolute Gasteiger partial charge is 0.416 e. The molecule has 0 aliphatic carbocycles. The Labute approximate surface area is 98.7 Å². The first-order valence-corrected chi connectivity index (χ1v) is 4.68. The molecule has 0 spiro atoms. The molecule has 7 heteroatoms. The summed E-state index contributed by atoms with van der Waals surface area (Å²) in [6, 6.07) is 0.697. The molecule has 0 atom stereocenters. The summed E-state index contributed by atoms with van der Waals surface area (Å²) >= 11 is 11.1. The van der Waals surface area contributed by atoms with Gasteiger partial charge in [-0.05, 0) is 18.6 Å². The number of hydrogen-bond donors (Lipinski definition) is 0. The normalized spacial score (nSPS) is 11.1. The van der Waals surface area contributed by atoms with E-state index in [9.17, 15) is 18.0 Å². The van der Waals surface area contributed by atoms with E-state index in [0.29, 0.717) is 6.07 Å². The van der Waals surface area contributed by atoms with Crippen LogP contribution in [0, 0.1) is 6.92 Å². The molecule has 0 unspecified atom stereocenters. The number of isocyanates is 1. The highest BCUT2D eigenvalue weighted by molar-refractivity contribution is 6.43. The maximum absolute atomic E-state index is 12.5. The Morgan fingerprint density at radius 2 is 1.94 bits per heavy atom. The molecule has 2 nitrogen and oxygen atoms in total. The quantitative estimate of drug-likeness (QED) is 0.553. The van der Waals surface area contributed by atoms with Crippen molar-refractivity contribution in [2.45, 2.75) is 13.1 Å². The summed E-state index contributed by atoms with van der Waals surface area (Å²) in [4.78, 5) is 13.2. The molecular formula is C9H4Cl2F3NO. The summed E-state index contributed by atoms with van der Waals surface area (Å²) in [6.07, 6.45) is -3.44. The zero-order valence-corrected chi connectivity index (χ0v) is 9.33. The predicted molar refractivity (Wildman–Crippen MR) is 54.0 cm³/mol. The average Bonchev–Trinajstić information content (AvgIpc) is 2.16. The minimum absolute atomic E-state index is 0.199. The summed E-state index contributed by atoms with van der Waals surface area (Å²) in [5, 5.41) is -0.510. The van der Waals surface area contributed by atoms with Crippen LogP contribution in [0.15, 0.2) is 11.1 Å². The third-order valence-corrected chi connectivity index (χ3v) is 2.69. The molecule has 0 aromatic heterocycles. The van der Waals surface area contributed by atoms with E-state index >= 15 is 0 Å². The highest BCUT2D eigenvalue weighted by Crippen LogP contribution is 2.42. The number of rotatable bonds is 1. The van der Waals surface area contributed by atoms with Gasteiger partial charge in [-0.25, -0.2) is 4.79 Å². The van der Waals surface area contributed by atoms with Gasteiger partial charge in [0.05, 0.1) is 21.3 Å². The van der Waals surface area contributed by atoms with E-state index in [4.69, 9.17) is 23.2 Å². The standard InChI is InChI=1S/C9H4Cl2F3NO/c1-4-5(9(12,13)14)2-6(10)7(11)8(4)15-3-16/h2H,1H3. The molecule has 0 saturated carbocycles. The zero-order chi connectivity index (χ0) is 12.5. The van der Waals surface area contributed by atoms with Crippen LogP contribution in [0.4, 0.5) is 18.9 Å². The van der Waals surface area contributed by atoms with Crippen molar-refractivity contribution in [1.29, 1.82) is 0 Å². The minimum atomic E-state index is -4.58. The van der Waals surface area contributed by atoms with E-state index < -0.39 is 11.7 Å². The average molecular weight is 270 g/mol. The van der Waals surface area contributed by atoms with E-state index in [1.54, 1.807) is 0 Å². The van der Waals surface area contributed by atoms with E-state index in [-0.39, 0.29) is 21.3 Å². The molecule has 0 amide bonds. The topological polar surface area (TPSA) is 29.4 Å². The number of aliphatic imine (C=N–C) groups is 1. The van der Waals surface area contributed by atoms with E-state index in [2.05, 4.69) is 4.99 Å². The van der Waals surface area contributed by atoms with E-state index in [1.165, 1.54) is 0 Å². The van der Waals surface area contributed by atoms with Gasteiger partial charge in [-0.2, -0.15) is 18.2 Å². The Morgan fingerprint density at radius 3 is 2.38 bits per heavy atom. The highest BCUT2D eigenvalue weighted by Gasteiger charge is 2.34. The van der Waals surface area contributed by atoms with E-state index in [1.807, 2.05) is 0 Å². The van der Waals surface area contributed by atoms with Crippen LogP contribution >= 0.6 is 23.2 Å². The van der Waals surface area contributed by atoms with Crippen LogP contribution in [-0.2, 0) is 11.0 Å². The van der Waals surface area contributed by atoms with Gasteiger partial charge in [0.2, 0.25) is 6.08 Å². The lowest BCUT2D eigenvalue weighted by atomic mass is 10.1. The van der Waals surface area contributed by atoms with E-state index in [0.717, 1.165) is 13.0 Å². The van der Waals surface area contributed by atoms with Gasteiger partial charge in [-0.3, -0.25) is 0 Å². The second-order valence-electron chi connectivity index (χ2n) is 2.89. The minimum Gasteiger partial charge on any atom is -0.211 e. The number of benzene rings is 1. The van der Waals surface area contributed by atoms with Gasteiger partial charge in [0, 0.05) is 0 Å². The highest BCUT2D eigenvalue weighted by atomic mass is 35.5. The molecule has 1 aromatic rings. The molecule has 16 heavy (non-hydrogen) atoms. The maximum Gasteiger partial charge on any atom is 0.416 e. The Hall–Kier alpha value is -1.03. The van der Waals surface area contributed by atoms with Gasteiger partial charge >= 0.3 is 6.18 Å². The maximum atomic E-state index is 12.5. The van der Waals surface area contributed by atoms with Crippen molar-refractivity contribution in [3.8, 4) is 0 Å². The van der Waals surface area contributed by atoms with Crippen molar-refractivity contribution in [1.82, 2.24) is 0 Å². The van der Waals surface area contributed by atoms with Crippen LogP contribution in [0.1, 0.15) is 11.1 Å². The molecule has 0 fully saturated rings. The number of carbonyl (C=O) groups excluding carboxylic acids is 1. The smallest absolute Gasteiger partial charge is 0.211 e. The first kappa shape index (κ1) is 13.0. The van der Waals surface area contributed by atoms with Crippen LogP contribution < -0.4 is 0 Å². The first-order valence-electron chi connectivity index (χ1n) is 3.92. The van der Waals surface area contributed by atoms with Gasteiger partial charge in [-0.15, -0.1) is 0 Å². The van der Waals surface area contributed by atoms with Crippen LogP contribution in [-0.4, -0.2) is 6.08 Å². The molecule has 1 aromatic carbocycles. The van der Waals surface area contributed by atoms with Gasteiger partial charge in [-0.1, -0.05) is 23.2 Å². The zero-order valence-electron chi connectivity index (χ0n) is 7.82. The van der Waals surface area contributed by atoms with Gasteiger partial charge in [0.15, 0.2) is 0 Å². The van der Waals surface area contributed by atoms with Gasteiger partial charge in [0.1, 0.15) is 0 Å². The van der Waals surface area contributed by atoms with Crippen LogP contribution in [0.25, 0.3) is 0 Å². The fourth-order valence-electron chi connectivity index (χ4n) is 1.18.